The molecule has 3 heteroatoms. The fourth-order valence-corrected chi connectivity index (χ4v) is 2.93. The summed E-state index contributed by atoms with van der Waals surface area (Å²) in [5.74, 6) is 1.66. The lowest BCUT2D eigenvalue weighted by Gasteiger charge is -2.14. The Bertz CT molecular complexity index is 372. The summed E-state index contributed by atoms with van der Waals surface area (Å²) in [7, 11) is 0. The van der Waals surface area contributed by atoms with Crippen molar-refractivity contribution in [3.63, 3.8) is 0 Å². The Morgan fingerprint density at radius 2 is 2.20 bits per heavy atom. The number of H-pyrrole nitrogens is 1. The maximum Gasteiger partial charge on any atom is 0.148 e. The first-order chi connectivity index (χ1) is 7.28. The van der Waals surface area contributed by atoms with Crippen LogP contribution in [-0.4, -0.2) is 10.2 Å². The largest absolute Gasteiger partial charge is 0.382 e. The van der Waals surface area contributed by atoms with Crippen LogP contribution in [0.1, 0.15) is 50.3 Å². The minimum Gasteiger partial charge on any atom is -0.382 e. The van der Waals surface area contributed by atoms with Crippen LogP contribution in [0.2, 0.25) is 0 Å². The number of rotatable bonds is 4. The first kappa shape index (κ1) is 9.25. The maximum absolute atomic E-state index is 5.93. The molecule has 0 unspecified atom stereocenters. The molecule has 2 aliphatic carbocycles. The molecule has 0 spiro atoms. The molecular formula is C12H19N3. The standard InChI is InChI=1S/C12H19N3/c1-2-3-9-10(14-15-11(9)13)12(6-7-12)8-4-5-8/h8H,2-7H2,1H3,(H3,13,14,15). The molecular weight excluding hydrogens is 186 g/mol. The molecule has 0 atom stereocenters. The van der Waals surface area contributed by atoms with Gasteiger partial charge in [-0.25, -0.2) is 0 Å². The molecule has 1 aromatic rings. The Kier molecular flexibility index (Phi) is 1.85. The van der Waals surface area contributed by atoms with Crippen LogP contribution >= 0.6 is 0 Å². The highest BCUT2D eigenvalue weighted by Crippen LogP contribution is 2.62. The van der Waals surface area contributed by atoms with Crippen molar-refractivity contribution in [3.05, 3.63) is 11.3 Å². The lowest BCUT2D eigenvalue weighted by atomic mass is 9.91. The van der Waals surface area contributed by atoms with Gasteiger partial charge in [-0.1, -0.05) is 13.3 Å². The van der Waals surface area contributed by atoms with Gasteiger partial charge in [0.25, 0.3) is 0 Å². The number of aromatic nitrogens is 2. The molecule has 3 N–H and O–H groups in total. The summed E-state index contributed by atoms with van der Waals surface area (Å²) in [4.78, 5) is 0. The van der Waals surface area contributed by atoms with Gasteiger partial charge in [-0.2, -0.15) is 5.10 Å². The van der Waals surface area contributed by atoms with Gasteiger partial charge in [0.1, 0.15) is 5.82 Å². The first-order valence-electron chi connectivity index (χ1n) is 6.11. The molecule has 2 aliphatic rings. The van der Waals surface area contributed by atoms with Gasteiger partial charge in [-0.05, 0) is 38.0 Å². The zero-order chi connectivity index (χ0) is 10.5. The van der Waals surface area contributed by atoms with E-state index in [0.717, 1.165) is 24.6 Å². The lowest BCUT2D eigenvalue weighted by Crippen LogP contribution is -2.12. The molecule has 2 saturated carbocycles. The number of aromatic amines is 1. The predicted octanol–water partition coefficient (Wildman–Crippen LogP) is 2.39. The zero-order valence-corrected chi connectivity index (χ0v) is 9.34. The quantitative estimate of drug-likeness (QED) is 0.793. The topological polar surface area (TPSA) is 54.7 Å². The summed E-state index contributed by atoms with van der Waals surface area (Å²) in [6.45, 7) is 2.20. The van der Waals surface area contributed by atoms with Crippen molar-refractivity contribution >= 4 is 5.82 Å². The van der Waals surface area contributed by atoms with Crippen LogP contribution in [0.3, 0.4) is 0 Å². The lowest BCUT2D eigenvalue weighted by molar-refractivity contribution is 0.570. The van der Waals surface area contributed by atoms with Crippen LogP contribution in [0.5, 0.6) is 0 Å². The molecule has 0 radical (unpaired) electrons. The predicted molar refractivity (Wildman–Crippen MR) is 60.6 cm³/mol. The Balaban J connectivity index is 1.96. The van der Waals surface area contributed by atoms with E-state index in [4.69, 9.17) is 5.73 Å². The Morgan fingerprint density at radius 3 is 2.73 bits per heavy atom. The highest BCUT2D eigenvalue weighted by molar-refractivity contribution is 5.48. The van der Waals surface area contributed by atoms with E-state index >= 15 is 0 Å². The molecule has 0 aromatic carbocycles. The maximum atomic E-state index is 5.93. The Hall–Kier alpha value is -0.990. The van der Waals surface area contributed by atoms with Crippen molar-refractivity contribution in [1.29, 1.82) is 0 Å². The average molecular weight is 205 g/mol. The van der Waals surface area contributed by atoms with Crippen molar-refractivity contribution in [2.24, 2.45) is 5.92 Å². The minimum atomic E-state index is 0.467. The van der Waals surface area contributed by atoms with Crippen LogP contribution in [0.4, 0.5) is 5.82 Å². The van der Waals surface area contributed by atoms with Gasteiger partial charge in [0.05, 0.1) is 0 Å². The van der Waals surface area contributed by atoms with Crippen molar-refractivity contribution in [1.82, 2.24) is 10.2 Å². The summed E-state index contributed by atoms with van der Waals surface area (Å²) in [6, 6.07) is 0. The molecule has 15 heavy (non-hydrogen) atoms. The van der Waals surface area contributed by atoms with Crippen LogP contribution in [0.25, 0.3) is 0 Å². The molecule has 3 rings (SSSR count). The number of anilines is 1. The molecule has 0 bridgehead atoms. The molecule has 0 aliphatic heterocycles. The summed E-state index contributed by atoms with van der Waals surface area (Å²) >= 11 is 0. The Labute approximate surface area is 90.4 Å². The third-order valence-corrected chi connectivity index (χ3v) is 4.04. The SMILES string of the molecule is CCCc1c(N)n[nH]c1C1(C2CC2)CC1. The normalized spacial score (nSPS) is 23.0. The van der Waals surface area contributed by atoms with Crippen molar-refractivity contribution in [3.8, 4) is 0 Å². The number of nitrogens with zero attached hydrogens (tertiary/aromatic N) is 1. The van der Waals surface area contributed by atoms with E-state index in [9.17, 15) is 0 Å². The van der Waals surface area contributed by atoms with Crippen LogP contribution < -0.4 is 5.73 Å². The van der Waals surface area contributed by atoms with E-state index in [2.05, 4.69) is 17.1 Å². The summed E-state index contributed by atoms with van der Waals surface area (Å²) in [5, 5.41) is 7.41. The van der Waals surface area contributed by atoms with Crippen molar-refractivity contribution in [2.75, 3.05) is 5.73 Å². The van der Waals surface area contributed by atoms with Gasteiger partial charge >= 0.3 is 0 Å². The third-order valence-electron chi connectivity index (χ3n) is 4.04. The van der Waals surface area contributed by atoms with E-state index < -0.39 is 0 Å². The number of hydrogen-bond acceptors (Lipinski definition) is 2. The summed E-state index contributed by atoms with van der Waals surface area (Å²) in [5.41, 5.74) is 9.08. The van der Waals surface area contributed by atoms with Gasteiger partial charge in [-0.3, -0.25) is 5.10 Å². The Morgan fingerprint density at radius 1 is 1.47 bits per heavy atom. The molecule has 82 valence electrons. The number of nitrogen functional groups attached to an aromatic ring is 1. The van der Waals surface area contributed by atoms with Crippen molar-refractivity contribution in [2.45, 2.75) is 50.9 Å². The molecule has 3 nitrogen and oxygen atoms in total. The molecule has 1 aromatic heterocycles. The van der Waals surface area contributed by atoms with Gasteiger partial charge in [-0.15, -0.1) is 0 Å². The molecule has 1 heterocycles. The highest BCUT2D eigenvalue weighted by atomic mass is 15.2. The monoisotopic (exact) mass is 205 g/mol. The van der Waals surface area contributed by atoms with Gasteiger partial charge in [0, 0.05) is 16.7 Å². The number of hydrogen-bond donors (Lipinski definition) is 2. The highest BCUT2D eigenvalue weighted by Gasteiger charge is 2.56. The average Bonchev–Trinajstić information content (AvgIpc) is 3.10. The smallest absolute Gasteiger partial charge is 0.148 e. The fraction of sp³-hybridized carbons (Fsp3) is 0.750. The zero-order valence-electron chi connectivity index (χ0n) is 9.34. The second-order valence-electron chi connectivity index (χ2n) is 5.14. The van der Waals surface area contributed by atoms with Gasteiger partial charge in [0.2, 0.25) is 0 Å². The van der Waals surface area contributed by atoms with Crippen LogP contribution in [0.15, 0.2) is 0 Å². The van der Waals surface area contributed by atoms with E-state index in [-0.39, 0.29) is 0 Å². The van der Waals surface area contributed by atoms with Crippen LogP contribution in [-0.2, 0) is 11.8 Å². The van der Waals surface area contributed by atoms with Gasteiger partial charge < -0.3 is 5.73 Å². The number of nitrogens with one attached hydrogen (secondary N) is 1. The minimum absolute atomic E-state index is 0.467. The van der Waals surface area contributed by atoms with E-state index in [1.54, 1.807) is 0 Å². The number of nitrogens with two attached hydrogens (primary N) is 1. The molecule has 0 amide bonds. The molecule has 0 saturated heterocycles. The van der Waals surface area contributed by atoms with E-state index in [1.165, 1.54) is 36.9 Å². The second-order valence-corrected chi connectivity index (χ2v) is 5.14. The van der Waals surface area contributed by atoms with Crippen LogP contribution in [0, 0.1) is 5.92 Å². The fourth-order valence-electron chi connectivity index (χ4n) is 2.93. The third kappa shape index (κ3) is 1.29. The van der Waals surface area contributed by atoms with Crippen molar-refractivity contribution < 1.29 is 0 Å². The second kappa shape index (κ2) is 3.00. The molecule has 2 fully saturated rings. The first-order valence-corrected chi connectivity index (χ1v) is 6.11. The summed E-state index contributed by atoms with van der Waals surface area (Å²) < 4.78 is 0. The van der Waals surface area contributed by atoms with Gasteiger partial charge in [0.15, 0.2) is 0 Å². The van der Waals surface area contributed by atoms with E-state index in [0.29, 0.717) is 5.41 Å². The van der Waals surface area contributed by atoms with E-state index in [1.807, 2.05) is 0 Å². The summed E-state index contributed by atoms with van der Waals surface area (Å²) in [6.07, 6.45) is 7.73.